The van der Waals surface area contributed by atoms with Gasteiger partial charge in [-0.2, -0.15) is 0 Å². The molecule has 0 radical (unpaired) electrons. The third kappa shape index (κ3) is 1.61. The molecule has 0 N–H and O–H groups in total. The first-order valence-electron chi connectivity index (χ1n) is 4.12. The quantitative estimate of drug-likeness (QED) is 0.714. The molecule has 1 heterocycles. The Morgan fingerprint density at radius 3 is 2.71 bits per heavy atom. The van der Waals surface area contributed by atoms with E-state index in [4.69, 9.17) is 0 Å². The van der Waals surface area contributed by atoms with Crippen LogP contribution in [0.1, 0.15) is 0 Å². The maximum Gasteiger partial charge on any atom is 0.175 e. The second kappa shape index (κ2) is 3.06. The van der Waals surface area contributed by atoms with E-state index >= 15 is 0 Å². The van der Waals surface area contributed by atoms with Gasteiger partial charge in [0.05, 0.1) is 10.4 Å². The normalized spacial score (nSPS) is 11.8. The Labute approximate surface area is 82.3 Å². The van der Waals surface area contributed by atoms with Crippen LogP contribution in [-0.4, -0.2) is 19.7 Å². The van der Waals surface area contributed by atoms with E-state index in [0.717, 1.165) is 5.39 Å². The molecule has 1 aromatic carbocycles. The zero-order valence-electron chi connectivity index (χ0n) is 7.64. The summed E-state index contributed by atoms with van der Waals surface area (Å²) in [4.78, 5) is 4.40. The molecule has 0 amide bonds. The Hall–Kier alpha value is -1.42. The minimum absolute atomic E-state index is 0.309. The molecule has 0 spiro atoms. The topological polar surface area (TPSA) is 47.0 Å². The molecule has 0 unspecified atom stereocenters. The Kier molecular flexibility index (Phi) is 2.00. The van der Waals surface area contributed by atoms with Gasteiger partial charge in [0.25, 0.3) is 0 Å². The molecule has 0 atom stereocenters. The summed E-state index contributed by atoms with van der Waals surface area (Å²) in [7, 11) is -3.13. The van der Waals surface area contributed by atoms with Crippen LogP contribution in [0.3, 0.4) is 0 Å². The molecule has 0 aliphatic heterocycles. The molecule has 2 aromatic rings. The van der Waals surface area contributed by atoms with E-state index in [2.05, 4.69) is 4.98 Å². The van der Waals surface area contributed by atoms with Crippen LogP contribution >= 0.6 is 0 Å². The van der Waals surface area contributed by atoms with E-state index in [1.54, 1.807) is 24.4 Å². The van der Waals surface area contributed by atoms with E-state index in [9.17, 15) is 8.42 Å². The molecule has 72 valence electrons. The van der Waals surface area contributed by atoms with Gasteiger partial charge in [-0.3, -0.25) is 4.98 Å². The van der Waals surface area contributed by atoms with E-state index < -0.39 is 9.84 Å². The van der Waals surface area contributed by atoms with Crippen molar-refractivity contribution < 1.29 is 8.42 Å². The highest BCUT2D eigenvalue weighted by atomic mass is 32.2. The highest BCUT2D eigenvalue weighted by Gasteiger charge is 2.07. The predicted molar refractivity (Wildman–Crippen MR) is 54.9 cm³/mol. The maximum absolute atomic E-state index is 11.2. The zero-order valence-corrected chi connectivity index (χ0v) is 8.45. The average Bonchev–Trinajstić information content (AvgIpc) is 2.16. The second-order valence-corrected chi connectivity index (χ2v) is 5.15. The van der Waals surface area contributed by atoms with Crippen molar-refractivity contribution >= 4 is 20.7 Å². The maximum atomic E-state index is 11.2. The number of pyridine rings is 1. The predicted octanol–water partition coefficient (Wildman–Crippen LogP) is 1.64. The smallest absolute Gasteiger partial charge is 0.175 e. The minimum atomic E-state index is -3.13. The molecule has 0 saturated heterocycles. The van der Waals surface area contributed by atoms with Crippen molar-refractivity contribution in [3.05, 3.63) is 36.5 Å². The number of nitrogens with zero attached hydrogens (tertiary/aromatic N) is 1. The van der Waals surface area contributed by atoms with Gasteiger partial charge in [-0.05, 0) is 18.2 Å². The van der Waals surface area contributed by atoms with Crippen molar-refractivity contribution in [2.24, 2.45) is 0 Å². The lowest BCUT2D eigenvalue weighted by molar-refractivity contribution is 0.602. The first-order valence-corrected chi connectivity index (χ1v) is 6.01. The minimum Gasteiger partial charge on any atom is -0.256 e. The SMILES string of the molecule is CS(=O)(=O)c1ccc2cccnc2c1. The average molecular weight is 207 g/mol. The highest BCUT2D eigenvalue weighted by Crippen LogP contribution is 2.16. The number of hydrogen-bond donors (Lipinski definition) is 0. The standard InChI is InChI=1S/C10H9NO2S/c1-14(12,13)9-5-4-8-3-2-6-11-10(8)7-9/h2-7H,1H3. The number of rotatable bonds is 1. The fourth-order valence-electron chi connectivity index (χ4n) is 1.28. The van der Waals surface area contributed by atoms with Gasteiger partial charge in [0.2, 0.25) is 0 Å². The van der Waals surface area contributed by atoms with Crippen LogP contribution in [0.4, 0.5) is 0 Å². The van der Waals surface area contributed by atoms with Gasteiger partial charge in [-0.1, -0.05) is 12.1 Å². The van der Waals surface area contributed by atoms with Gasteiger partial charge < -0.3 is 0 Å². The van der Waals surface area contributed by atoms with Gasteiger partial charge in [0.1, 0.15) is 0 Å². The third-order valence-corrected chi connectivity index (χ3v) is 3.12. The van der Waals surface area contributed by atoms with E-state index in [-0.39, 0.29) is 0 Å². The van der Waals surface area contributed by atoms with E-state index in [1.807, 2.05) is 12.1 Å². The van der Waals surface area contributed by atoms with Gasteiger partial charge in [-0.15, -0.1) is 0 Å². The summed E-state index contributed by atoms with van der Waals surface area (Å²) in [6.45, 7) is 0. The summed E-state index contributed by atoms with van der Waals surface area (Å²) < 4.78 is 22.5. The number of sulfone groups is 1. The lowest BCUT2D eigenvalue weighted by Crippen LogP contribution is -1.96. The molecule has 0 bridgehead atoms. The second-order valence-electron chi connectivity index (χ2n) is 3.13. The van der Waals surface area contributed by atoms with Gasteiger partial charge in [0, 0.05) is 17.8 Å². The number of hydrogen-bond acceptors (Lipinski definition) is 3. The van der Waals surface area contributed by atoms with E-state index in [0.29, 0.717) is 10.4 Å². The Morgan fingerprint density at radius 1 is 1.21 bits per heavy atom. The highest BCUT2D eigenvalue weighted by molar-refractivity contribution is 7.90. The molecular formula is C10H9NO2S. The molecule has 4 heteroatoms. The lowest BCUT2D eigenvalue weighted by atomic mass is 10.2. The molecular weight excluding hydrogens is 198 g/mol. The van der Waals surface area contributed by atoms with Crippen LogP contribution in [0.15, 0.2) is 41.4 Å². The fraction of sp³-hybridized carbons (Fsp3) is 0.100. The molecule has 0 fully saturated rings. The van der Waals surface area contributed by atoms with E-state index in [1.165, 1.54) is 6.26 Å². The summed E-state index contributed by atoms with van der Waals surface area (Å²) in [5.41, 5.74) is 0.704. The fourth-order valence-corrected chi connectivity index (χ4v) is 1.92. The Bertz CT molecular complexity index is 575. The molecule has 0 saturated carbocycles. The van der Waals surface area contributed by atoms with Crippen molar-refractivity contribution in [1.82, 2.24) is 4.98 Å². The van der Waals surface area contributed by atoms with Crippen molar-refractivity contribution in [1.29, 1.82) is 0 Å². The summed E-state index contributed by atoms with van der Waals surface area (Å²) in [5.74, 6) is 0. The number of benzene rings is 1. The molecule has 1 aromatic heterocycles. The molecule has 14 heavy (non-hydrogen) atoms. The summed E-state index contributed by atoms with van der Waals surface area (Å²) in [5, 5.41) is 0.944. The van der Waals surface area contributed by atoms with Crippen LogP contribution in [0.5, 0.6) is 0 Å². The molecule has 0 aliphatic rings. The monoisotopic (exact) mass is 207 g/mol. The zero-order chi connectivity index (χ0) is 10.2. The van der Waals surface area contributed by atoms with Gasteiger partial charge in [-0.25, -0.2) is 8.42 Å². The van der Waals surface area contributed by atoms with Crippen LogP contribution in [0, 0.1) is 0 Å². The van der Waals surface area contributed by atoms with Crippen LogP contribution in [-0.2, 0) is 9.84 Å². The number of aromatic nitrogens is 1. The van der Waals surface area contributed by atoms with Gasteiger partial charge >= 0.3 is 0 Å². The Morgan fingerprint density at radius 2 is 2.00 bits per heavy atom. The van der Waals surface area contributed by atoms with Crippen LogP contribution in [0.2, 0.25) is 0 Å². The molecule has 0 aliphatic carbocycles. The van der Waals surface area contributed by atoms with Crippen LogP contribution < -0.4 is 0 Å². The largest absolute Gasteiger partial charge is 0.256 e. The first-order chi connectivity index (χ1) is 6.57. The lowest BCUT2D eigenvalue weighted by Gasteiger charge is -1.99. The molecule has 3 nitrogen and oxygen atoms in total. The number of fused-ring (bicyclic) bond motifs is 1. The van der Waals surface area contributed by atoms with Crippen LogP contribution in [0.25, 0.3) is 10.9 Å². The molecule has 2 rings (SSSR count). The summed E-state index contributed by atoms with van der Waals surface area (Å²) >= 11 is 0. The van der Waals surface area contributed by atoms with Crippen molar-refractivity contribution in [3.63, 3.8) is 0 Å². The van der Waals surface area contributed by atoms with Gasteiger partial charge in [0.15, 0.2) is 9.84 Å². The first kappa shape index (κ1) is 9.15. The third-order valence-electron chi connectivity index (χ3n) is 2.01. The van der Waals surface area contributed by atoms with Crippen molar-refractivity contribution in [2.75, 3.05) is 6.26 Å². The van der Waals surface area contributed by atoms with Crippen molar-refractivity contribution in [2.45, 2.75) is 4.90 Å². The Balaban J connectivity index is 2.75. The summed E-state index contributed by atoms with van der Waals surface area (Å²) in [6, 6.07) is 8.67. The van der Waals surface area contributed by atoms with Crippen molar-refractivity contribution in [3.8, 4) is 0 Å². The summed E-state index contributed by atoms with van der Waals surface area (Å²) in [6.07, 6.45) is 2.84.